The maximum atomic E-state index is 14.3. The quantitative estimate of drug-likeness (QED) is 0.152. The number of imidazole rings is 1. The Bertz CT molecular complexity index is 2220. The first kappa shape index (κ1) is 39.7. The molecule has 15 heteroatoms. The number of nitrogens with zero attached hydrogens (tertiary/aromatic N) is 4. The number of hydrogen-bond acceptors (Lipinski definition) is 9. The molecule has 8 atom stereocenters. The number of carbonyl (C=O) groups excluding carboxylic acids is 4. The van der Waals surface area contributed by atoms with Crippen LogP contribution in [-0.4, -0.2) is 101 Å². The fourth-order valence-corrected chi connectivity index (χ4v) is 10.4. The molecule has 1 aromatic heterocycles. The van der Waals surface area contributed by atoms with Crippen molar-refractivity contribution in [3.05, 3.63) is 70.2 Å². The summed E-state index contributed by atoms with van der Waals surface area (Å²) < 4.78 is 15.3. The maximum Gasteiger partial charge on any atom is 0.407 e. The number of aliphatic imine (C=N–C) groups is 1. The molecule has 2 aliphatic carbocycles. The number of methoxy groups -OCH3 is 2. The lowest BCUT2D eigenvalue weighted by Crippen LogP contribution is -2.56. The van der Waals surface area contributed by atoms with Crippen molar-refractivity contribution >= 4 is 58.4 Å². The normalized spacial score (nSPS) is 26.8. The van der Waals surface area contributed by atoms with E-state index in [2.05, 4.69) is 34.6 Å². The summed E-state index contributed by atoms with van der Waals surface area (Å²) in [5.74, 6) is 0.441. The van der Waals surface area contributed by atoms with Crippen molar-refractivity contribution < 1.29 is 33.4 Å². The van der Waals surface area contributed by atoms with Gasteiger partial charge in [0.25, 0.3) is 0 Å². The van der Waals surface area contributed by atoms with Crippen molar-refractivity contribution in [2.24, 2.45) is 28.7 Å². The highest BCUT2D eigenvalue weighted by Gasteiger charge is 2.58. The highest BCUT2D eigenvalue weighted by molar-refractivity contribution is 6.35. The fourth-order valence-electron chi connectivity index (χ4n) is 9.84. The topological polar surface area (TPSA) is 156 Å². The van der Waals surface area contributed by atoms with Gasteiger partial charge in [-0.2, -0.15) is 0 Å². The molecule has 5 fully saturated rings. The van der Waals surface area contributed by atoms with Crippen LogP contribution in [-0.2, 0) is 28.6 Å². The van der Waals surface area contributed by atoms with Crippen LogP contribution in [0.15, 0.2) is 58.7 Å². The van der Waals surface area contributed by atoms with E-state index in [1.165, 1.54) is 14.2 Å². The summed E-state index contributed by atoms with van der Waals surface area (Å²) in [6.07, 6.45) is 4.93. The number of likely N-dealkylation sites (tertiary alicyclic amines) is 2. The lowest BCUT2D eigenvalue weighted by Gasteiger charge is -2.36. The van der Waals surface area contributed by atoms with Gasteiger partial charge >= 0.3 is 12.1 Å². The van der Waals surface area contributed by atoms with Gasteiger partial charge in [-0.15, -0.1) is 0 Å². The van der Waals surface area contributed by atoms with Crippen LogP contribution in [0.25, 0.3) is 28.0 Å². The van der Waals surface area contributed by atoms with Crippen LogP contribution >= 0.6 is 23.2 Å². The molecule has 13 nitrogen and oxygen atoms in total. The number of halogens is 2. The van der Waals surface area contributed by atoms with Gasteiger partial charge in [0.2, 0.25) is 11.8 Å². The molecule has 4 aliphatic heterocycles. The Morgan fingerprint density at radius 3 is 2.05 bits per heavy atom. The Labute approximate surface area is 352 Å². The molecule has 5 heterocycles. The number of esters is 1. The van der Waals surface area contributed by atoms with Crippen molar-refractivity contribution in [3.8, 4) is 22.4 Å². The van der Waals surface area contributed by atoms with Crippen molar-refractivity contribution in [3.63, 3.8) is 0 Å². The predicted octanol–water partition coefficient (Wildman–Crippen LogP) is 7.15. The summed E-state index contributed by atoms with van der Waals surface area (Å²) in [5.41, 5.74) is 6.28. The van der Waals surface area contributed by atoms with Gasteiger partial charge in [-0.25, -0.2) is 14.8 Å². The molecule has 0 radical (unpaired) electrons. The van der Waals surface area contributed by atoms with Gasteiger partial charge in [-0.1, -0.05) is 78.7 Å². The summed E-state index contributed by atoms with van der Waals surface area (Å²) in [4.78, 5) is 68.8. The van der Waals surface area contributed by atoms with Crippen LogP contribution < -0.4 is 5.32 Å². The fraction of sp³-hybridized carbons (Fsp3) is 0.500. The number of fused-ring (bicyclic) bond motifs is 2. The monoisotopic (exact) mass is 842 g/mol. The van der Waals surface area contributed by atoms with Crippen LogP contribution in [0.4, 0.5) is 4.79 Å². The van der Waals surface area contributed by atoms with Crippen molar-refractivity contribution in [1.29, 1.82) is 0 Å². The van der Waals surface area contributed by atoms with Gasteiger partial charge in [0.05, 0.1) is 32.7 Å². The van der Waals surface area contributed by atoms with Gasteiger partial charge in [0.1, 0.15) is 27.9 Å². The molecule has 2 saturated carbocycles. The minimum Gasteiger partial charge on any atom is -0.469 e. The van der Waals surface area contributed by atoms with E-state index in [1.807, 2.05) is 34.1 Å². The minimum atomic E-state index is -0.686. The number of alkyl carbamates (subject to hydrolysis) is 1. The number of amides is 3. The third kappa shape index (κ3) is 7.66. The van der Waals surface area contributed by atoms with Gasteiger partial charge in [0, 0.05) is 54.5 Å². The molecule has 3 saturated heterocycles. The zero-order valence-corrected chi connectivity index (χ0v) is 34.8. The average Bonchev–Trinajstić information content (AvgIpc) is 3.97. The average molecular weight is 844 g/mol. The van der Waals surface area contributed by atoms with Gasteiger partial charge in [-0.3, -0.25) is 14.4 Å². The molecule has 0 bridgehead atoms. The highest BCUT2D eigenvalue weighted by Crippen LogP contribution is 2.54. The number of hydrogen-bond donors (Lipinski definition) is 2. The Kier molecular flexibility index (Phi) is 10.8. The molecule has 0 spiro atoms. The Morgan fingerprint density at radius 2 is 1.42 bits per heavy atom. The third-order valence-electron chi connectivity index (χ3n) is 13.3. The molecule has 0 unspecified atom stereocenters. The second-order valence-electron chi connectivity index (χ2n) is 16.9. The molecule has 2 aromatic carbocycles. The van der Waals surface area contributed by atoms with E-state index in [4.69, 9.17) is 47.4 Å². The number of carbonyl (C=O) groups is 4. The first-order chi connectivity index (χ1) is 28.5. The number of rotatable bonds is 11. The minimum absolute atomic E-state index is 0.0323. The molecular formula is C44H48Cl2N6O7. The lowest BCUT2D eigenvalue weighted by atomic mass is 9.90. The highest BCUT2D eigenvalue weighted by atomic mass is 35.5. The van der Waals surface area contributed by atoms with E-state index in [-0.39, 0.29) is 48.3 Å². The first-order valence-electron chi connectivity index (χ1n) is 20.6. The van der Waals surface area contributed by atoms with E-state index in [9.17, 15) is 19.2 Å². The number of ether oxygens (including phenoxy) is 3. The zero-order chi connectivity index (χ0) is 41.1. The summed E-state index contributed by atoms with van der Waals surface area (Å²) in [6.45, 7) is 2.88. The van der Waals surface area contributed by atoms with Gasteiger partial charge < -0.3 is 34.3 Å². The number of benzene rings is 2. The maximum absolute atomic E-state index is 14.3. The van der Waals surface area contributed by atoms with Crippen LogP contribution in [0.5, 0.6) is 0 Å². The molecule has 3 amide bonds. The third-order valence-corrected chi connectivity index (χ3v) is 13.8. The van der Waals surface area contributed by atoms with Crippen molar-refractivity contribution in [1.82, 2.24) is 25.1 Å². The Hall–Kier alpha value is -4.72. The standard InChI is InChI=1S/C44H48Cl2N6O7/c1-22(16-36(53)57-2)42(54)52-33-18-29(33)20-35(52)41-48-37(40(46)50-41)26-10-6-24(7-11-26)23-4-8-25(9-5-23)30-21-31(47-39(30)45)34-19-28-17-32(28)51(34)43(55)38(49-44(56)58-3)27-12-14-59-15-13-27/h4-11,22,27-29,32-35,38H,12-21H2,1-3H3,(H,48,50)(H,49,56)/t22-,28-,29-,32-,33-,34+,35+,38+/m1/s1. The SMILES string of the molecule is COC(=O)C[C@@H](C)C(=O)N1[C@@H]2C[C@@H]2C[C@H]1c1nc(-c2ccc(-c3ccc(C4=C(Cl)N=C([C@@H]5C[C@H]6C[C@H]6N5C(=O)[C@@H](NC(=O)OC)C5CCOCC5)C4)cc3)cc2)c(Cl)[nH]1. The Morgan fingerprint density at radius 1 is 0.831 bits per heavy atom. The number of H-pyrrole nitrogens is 1. The zero-order valence-electron chi connectivity index (χ0n) is 33.3. The molecule has 59 heavy (non-hydrogen) atoms. The van der Waals surface area contributed by atoms with Gasteiger partial charge in [0.15, 0.2) is 0 Å². The van der Waals surface area contributed by atoms with Crippen LogP contribution in [0.1, 0.15) is 75.7 Å². The Balaban J connectivity index is 0.859. The molecule has 2 N–H and O–H groups in total. The molecule has 310 valence electrons. The molecular weight excluding hydrogens is 795 g/mol. The number of nitrogens with one attached hydrogen (secondary N) is 2. The summed E-state index contributed by atoms with van der Waals surface area (Å²) in [7, 11) is 2.64. The van der Waals surface area contributed by atoms with E-state index in [0.29, 0.717) is 66.1 Å². The number of allylic oxidation sites excluding steroid dienone is 1. The van der Waals surface area contributed by atoms with E-state index >= 15 is 0 Å². The summed E-state index contributed by atoms with van der Waals surface area (Å²) in [5, 5.41) is 3.70. The molecule has 6 aliphatic rings. The van der Waals surface area contributed by atoms with Crippen molar-refractivity contribution in [2.45, 2.75) is 88.5 Å². The van der Waals surface area contributed by atoms with E-state index in [1.54, 1.807) is 6.92 Å². The lowest BCUT2D eigenvalue weighted by molar-refractivity contribution is -0.147. The predicted molar refractivity (Wildman–Crippen MR) is 221 cm³/mol. The summed E-state index contributed by atoms with van der Waals surface area (Å²) in [6, 6.07) is 15.5. The number of piperidine rings is 2. The molecule has 3 aromatic rings. The smallest absolute Gasteiger partial charge is 0.407 e. The van der Waals surface area contributed by atoms with Crippen molar-refractivity contribution in [2.75, 3.05) is 27.4 Å². The first-order valence-corrected chi connectivity index (χ1v) is 21.3. The van der Waals surface area contributed by atoms with Crippen LogP contribution in [0, 0.1) is 23.7 Å². The number of aromatic nitrogens is 2. The van der Waals surface area contributed by atoms with E-state index in [0.717, 1.165) is 59.2 Å². The van der Waals surface area contributed by atoms with E-state index < -0.39 is 24.0 Å². The van der Waals surface area contributed by atoms with Gasteiger partial charge in [-0.05, 0) is 73.0 Å². The second-order valence-corrected chi connectivity index (χ2v) is 17.6. The second kappa shape index (κ2) is 16.0. The van der Waals surface area contributed by atoms with Crippen LogP contribution in [0.3, 0.4) is 0 Å². The summed E-state index contributed by atoms with van der Waals surface area (Å²) >= 11 is 13.6. The number of aromatic amines is 1. The largest absolute Gasteiger partial charge is 0.469 e. The van der Waals surface area contributed by atoms with Crippen LogP contribution in [0.2, 0.25) is 5.15 Å². The molecule has 9 rings (SSSR count).